The molecule has 0 aromatic heterocycles. The topological polar surface area (TPSA) is 118 Å². The predicted octanol–water partition coefficient (Wildman–Crippen LogP) is 7.14. The number of carbonyl (C=O) groups is 2. The largest absolute Gasteiger partial charge is 0.504 e. The zero-order valence-electron chi connectivity index (χ0n) is 21.5. The van der Waals surface area contributed by atoms with Crippen molar-refractivity contribution < 1.29 is 30.0 Å². The van der Waals surface area contributed by atoms with Crippen molar-refractivity contribution >= 4 is 43.8 Å². The molecule has 6 rings (SSSR count). The summed E-state index contributed by atoms with van der Waals surface area (Å²) < 4.78 is 1.77. The third-order valence-electron chi connectivity index (χ3n) is 6.90. The molecule has 9 heteroatoms. The second-order valence-electron chi connectivity index (χ2n) is 9.42. The summed E-state index contributed by atoms with van der Waals surface area (Å²) >= 11 is 6.40. The van der Waals surface area contributed by atoms with Crippen LogP contribution in [0.1, 0.15) is 43.4 Å². The molecule has 4 aromatic carbocycles. The summed E-state index contributed by atoms with van der Waals surface area (Å²) in [6.07, 6.45) is 1.94. The van der Waals surface area contributed by atoms with Gasteiger partial charge in [0, 0.05) is 27.1 Å². The zero-order chi connectivity index (χ0) is 29.0. The fourth-order valence-electron chi connectivity index (χ4n) is 4.86. The number of hydrogen-bond donors (Lipinski definition) is 4. The van der Waals surface area contributed by atoms with E-state index in [-0.39, 0.29) is 11.5 Å². The minimum absolute atomic E-state index is 0.0163. The molecule has 1 atom stereocenters. The van der Waals surface area contributed by atoms with Crippen molar-refractivity contribution in [3.63, 3.8) is 0 Å². The maximum absolute atomic E-state index is 10.3. The Morgan fingerprint density at radius 1 is 0.775 bits per heavy atom. The van der Waals surface area contributed by atoms with Crippen LogP contribution in [-0.2, 0) is 12.8 Å². The van der Waals surface area contributed by atoms with E-state index in [1.807, 2.05) is 6.07 Å². The van der Waals surface area contributed by atoms with E-state index in [2.05, 4.69) is 62.0 Å². The van der Waals surface area contributed by atoms with Crippen LogP contribution in [0, 0.1) is 0 Å². The van der Waals surface area contributed by atoms with Gasteiger partial charge in [-0.3, -0.25) is 4.90 Å². The van der Waals surface area contributed by atoms with Crippen molar-refractivity contribution in [3.8, 4) is 22.6 Å². The molecule has 1 unspecified atom stereocenters. The van der Waals surface area contributed by atoms with Crippen LogP contribution in [0.3, 0.4) is 0 Å². The van der Waals surface area contributed by atoms with Gasteiger partial charge in [0.2, 0.25) is 0 Å². The molecule has 40 heavy (non-hydrogen) atoms. The Bertz CT molecular complexity index is 1480. The van der Waals surface area contributed by atoms with Gasteiger partial charge in [-0.1, -0.05) is 56.1 Å². The Balaban J connectivity index is 0.000000156. The molecule has 0 radical (unpaired) electrons. The van der Waals surface area contributed by atoms with Crippen LogP contribution in [0.15, 0.2) is 87.8 Å². The third kappa shape index (κ3) is 6.55. The van der Waals surface area contributed by atoms with Gasteiger partial charge in [0.1, 0.15) is 0 Å². The minimum Gasteiger partial charge on any atom is -0.504 e. The summed E-state index contributed by atoms with van der Waals surface area (Å²) in [7, 11) is 2.16. The maximum Gasteiger partial charge on any atom is 0.335 e. The van der Waals surface area contributed by atoms with Crippen molar-refractivity contribution in [2.75, 3.05) is 13.6 Å². The number of carboxylic acids is 2. The Morgan fingerprint density at radius 2 is 1.32 bits per heavy atom. The molecule has 7 nitrogen and oxygen atoms in total. The number of rotatable bonds is 2. The normalized spacial score (nSPS) is 14.8. The Kier molecular flexibility index (Phi) is 9.29. The molecule has 0 fully saturated rings. The number of nitrogens with zero attached hydrogens (tertiary/aromatic N) is 1. The van der Waals surface area contributed by atoms with Gasteiger partial charge in [-0.15, -0.1) is 0 Å². The van der Waals surface area contributed by atoms with E-state index < -0.39 is 11.9 Å². The molecule has 206 valence electrons. The highest BCUT2D eigenvalue weighted by Crippen LogP contribution is 2.49. The number of hydrogen-bond acceptors (Lipinski definition) is 5. The third-order valence-corrected chi connectivity index (χ3v) is 7.96. The Hall–Kier alpha value is -3.66. The van der Waals surface area contributed by atoms with Gasteiger partial charge in [-0.05, 0) is 96.7 Å². The monoisotopic (exact) mass is 667 g/mol. The average Bonchev–Trinajstić information content (AvgIpc) is 2.94. The smallest absolute Gasteiger partial charge is 0.335 e. The number of benzene rings is 4. The van der Waals surface area contributed by atoms with E-state index in [1.54, 1.807) is 54.6 Å². The summed E-state index contributed by atoms with van der Waals surface area (Å²) in [4.78, 5) is 23.0. The molecule has 4 N–H and O–H groups in total. The van der Waals surface area contributed by atoms with Crippen LogP contribution in [0.25, 0.3) is 11.1 Å². The molecular weight excluding hydrogens is 642 g/mol. The highest BCUT2D eigenvalue weighted by atomic mass is 79.9. The van der Waals surface area contributed by atoms with Crippen LogP contribution >= 0.6 is 31.9 Å². The average molecular weight is 669 g/mol. The van der Waals surface area contributed by atoms with Crippen LogP contribution in [0.5, 0.6) is 11.5 Å². The first-order chi connectivity index (χ1) is 19.1. The van der Waals surface area contributed by atoms with E-state index >= 15 is 0 Å². The fourth-order valence-corrected chi connectivity index (χ4v) is 5.39. The summed E-state index contributed by atoms with van der Waals surface area (Å²) in [6.45, 7) is 1.07. The summed E-state index contributed by atoms with van der Waals surface area (Å²) in [6, 6.07) is 23.2. The van der Waals surface area contributed by atoms with Gasteiger partial charge in [-0.2, -0.15) is 0 Å². The minimum atomic E-state index is -0.896. The molecule has 0 saturated carbocycles. The molecular formula is C31H27Br2NO6. The van der Waals surface area contributed by atoms with Gasteiger partial charge >= 0.3 is 11.9 Å². The Morgan fingerprint density at radius 3 is 1.85 bits per heavy atom. The van der Waals surface area contributed by atoms with E-state index in [0.717, 1.165) is 45.0 Å². The lowest BCUT2D eigenvalue weighted by Crippen LogP contribution is -2.35. The first kappa shape index (κ1) is 29.3. The molecule has 0 bridgehead atoms. The molecule has 4 aromatic rings. The first-order valence-electron chi connectivity index (χ1n) is 12.4. The lowest BCUT2D eigenvalue weighted by Gasteiger charge is -2.39. The lowest BCUT2D eigenvalue weighted by molar-refractivity contribution is 0.0686. The molecule has 0 amide bonds. The molecule has 0 spiro atoms. The number of fused-ring (bicyclic) bond motifs is 2. The van der Waals surface area contributed by atoms with Crippen LogP contribution < -0.4 is 0 Å². The van der Waals surface area contributed by atoms with Crippen molar-refractivity contribution in [3.05, 3.63) is 116 Å². The second-order valence-corrected chi connectivity index (χ2v) is 11.3. The molecule has 2 aliphatic rings. The van der Waals surface area contributed by atoms with Crippen LogP contribution in [-0.4, -0.2) is 50.9 Å². The van der Waals surface area contributed by atoms with Gasteiger partial charge in [0.25, 0.3) is 0 Å². The standard InChI is InChI=1S/C17H17NO2.2C7H5BrO2/c1-18-8-7-10-3-2-4-12-15(10)13(18)9-11-5-6-14(19)17(20)16(11)12;2*8-6-3-1-5(2-4-6)7(9)10/h2-6,13,19-20H,7-9H2,1H3;2*1-4H,(H,9,10). The highest BCUT2D eigenvalue weighted by Gasteiger charge is 2.34. The lowest BCUT2D eigenvalue weighted by atomic mass is 9.77. The van der Waals surface area contributed by atoms with Gasteiger partial charge in [0.05, 0.1) is 11.1 Å². The summed E-state index contributed by atoms with van der Waals surface area (Å²) in [5, 5.41) is 37.0. The van der Waals surface area contributed by atoms with Crippen molar-refractivity contribution in [2.45, 2.75) is 18.9 Å². The predicted molar refractivity (Wildman–Crippen MR) is 160 cm³/mol. The first-order valence-corrected chi connectivity index (χ1v) is 14.0. The van der Waals surface area contributed by atoms with E-state index in [1.165, 1.54) is 11.1 Å². The van der Waals surface area contributed by atoms with E-state index in [4.69, 9.17) is 10.2 Å². The maximum atomic E-state index is 10.3. The van der Waals surface area contributed by atoms with Crippen molar-refractivity contribution in [1.82, 2.24) is 4.90 Å². The number of likely N-dealkylation sites (N-methyl/N-ethyl adjacent to an activating group) is 1. The molecule has 1 aliphatic carbocycles. The van der Waals surface area contributed by atoms with E-state index in [9.17, 15) is 19.8 Å². The van der Waals surface area contributed by atoms with Crippen LogP contribution in [0.2, 0.25) is 0 Å². The molecule has 1 aliphatic heterocycles. The number of halogens is 2. The Labute approximate surface area is 248 Å². The number of phenols is 2. The number of aromatic carboxylic acids is 2. The highest BCUT2D eigenvalue weighted by molar-refractivity contribution is 9.10. The molecule has 1 heterocycles. The van der Waals surface area contributed by atoms with Gasteiger partial charge in [0.15, 0.2) is 11.5 Å². The van der Waals surface area contributed by atoms with Crippen molar-refractivity contribution in [2.24, 2.45) is 0 Å². The number of carboxylic acid groups (broad SMARTS) is 2. The number of phenolic OH excluding ortho intramolecular Hbond substituents is 2. The zero-order valence-corrected chi connectivity index (χ0v) is 24.7. The van der Waals surface area contributed by atoms with Crippen molar-refractivity contribution in [1.29, 1.82) is 0 Å². The number of aromatic hydroxyl groups is 2. The summed E-state index contributed by atoms with van der Waals surface area (Å²) in [5.41, 5.74) is 6.32. The SMILES string of the molecule is CN1CCc2cccc3c2C1Cc1ccc(O)c(O)c1-3.O=C(O)c1ccc(Br)cc1.O=C(O)c1ccc(Br)cc1. The fraction of sp³-hybridized carbons (Fsp3) is 0.161. The van der Waals surface area contributed by atoms with Crippen LogP contribution in [0.4, 0.5) is 0 Å². The van der Waals surface area contributed by atoms with Gasteiger partial charge < -0.3 is 20.4 Å². The van der Waals surface area contributed by atoms with E-state index in [0.29, 0.717) is 17.2 Å². The van der Waals surface area contributed by atoms with Gasteiger partial charge in [-0.25, -0.2) is 9.59 Å². The quantitative estimate of drug-likeness (QED) is 0.168. The summed E-state index contributed by atoms with van der Waals surface area (Å²) in [5.74, 6) is -1.81. The molecule has 0 saturated heterocycles. The second kappa shape index (κ2) is 12.7.